The Morgan fingerprint density at radius 2 is 1.77 bits per heavy atom. The molecule has 132 valence electrons. The van der Waals surface area contributed by atoms with Crippen molar-refractivity contribution in [2.75, 3.05) is 0 Å². The minimum absolute atomic E-state index is 0.227. The summed E-state index contributed by atoms with van der Waals surface area (Å²) >= 11 is 0. The van der Waals surface area contributed by atoms with E-state index in [1.54, 1.807) is 22.7 Å². The van der Waals surface area contributed by atoms with Gasteiger partial charge in [-0.1, -0.05) is 18.2 Å². The van der Waals surface area contributed by atoms with E-state index >= 15 is 0 Å². The number of aliphatic hydroxyl groups is 1. The van der Waals surface area contributed by atoms with E-state index in [2.05, 4.69) is 4.98 Å². The van der Waals surface area contributed by atoms with Crippen LogP contribution in [0.5, 0.6) is 0 Å². The number of nitrogens with zero attached hydrogens (tertiary/aromatic N) is 2. The number of aromatic nitrogens is 2. The highest BCUT2D eigenvalue weighted by atomic mass is 19.4. The van der Waals surface area contributed by atoms with Gasteiger partial charge in [-0.05, 0) is 36.4 Å². The van der Waals surface area contributed by atoms with Gasteiger partial charge in [0, 0.05) is 11.8 Å². The van der Waals surface area contributed by atoms with Crippen LogP contribution in [0.3, 0.4) is 0 Å². The summed E-state index contributed by atoms with van der Waals surface area (Å²) in [6, 6.07) is 13.7. The van der Waals surface area contributed by atoms with E-state index in [4.69, 9.17) is 4.42 Å². The molecular formula is C19H13F3N2O2. The van der Waals surface area contributed by atoms with Crippen molar-refractivity contribution in [2.45, 2.75) is 12.8 Å². The number of imidazole rings is 1. The minimum Gasteiger partial charge on any atom is -0.455 e. The van der Waals surface area contributed by atoms with Gasteiger partial charge in [-0.25, -0.2) is 4.98 Å². The molecule has 0 fully saturated rings. The van der Waals surface area contributed by atoms with Gasteiger partial charge in [0.25, 0.3) is 0 Å². The normalized spacial score (nSPS) is 12.0. The summed E-state index contributed by atoms with van der Waals surface area (Å²) in [5.41, 5.74) is 1.16. The summed E-state index contributed by atoms with van der Waals surface area (Å²) in [5.74, 6) is 1.38. The highest BCUT2D eigenvalue weighted by molar-refractivity contribution is 5.80. The average Bonchev–Trinajstić information content (AvgIpc) is 3.25. The molecule has 3 heterocycles. The predicted octanol–water partition coefficient (Wildman–Crippen LogP) is 4.77. The van der Waals surface area contributed by atoms with Crippen molar-refractivity contribution >= 4 is 5.52 Å². The van der Waals surface area contributed by atoms with E-state index in [0.717, 1.165) is 17.6 Å². The molecule has 0 saturated carbocycles. The number of benzene rings is 1. The number of pyridine rings is 1. The second-order valence-electron chi connectivity index (χ2n) is 5.74. The van der Waals surface area contributed by atoms with Crippen LogP contribution in [-0.4, -0.2) is 14.5 Å². The first-order chi connectivity index (χ1) is 12.5. The van der Waals surface area contributed by atoms with Gasteiger partial charge in [0.1, 0.15) is 12.4 Å². The van der Waals surface area contributed by atoms with Gasteiger partial charge in [0.05, 0.1) is 16.8 Å². The molecule has 0 bridgehead atoms. The molecular weight excluding hydrogens is 345 g/mol. The third-order valence-corrected chi connectivity index (χ3v) is 4.07. The quantitative estimate of drug-likeness (QED) is 0.574. The average molecular weight is 358 g/mol. The van der Waals surface area contributed by atoms with E-state index < -0.39 is 11.7 Å². The summed E-state index contributed by atoms with van der Waals surface area (Å²) in [6.07, 6.45) is -2.58. The second-order valence-corrected chi connectivity index (χ2v) is 5.74. The van der Waals surface area contributed by atoms with Crippen molar-refractivity contribution in [1.29, 1.82) is 0 Å². The number of aliphatic hydroxyl groups excluding tert-OH is 1. The molecule has 0 atom stereocenters. The molecule has 0 amide bonds. The number of hydrogen-bond donors (Lipinski definition) is 1. The lowest BCUT2D eigenvalue weighted by molar-refractivity contribution is -0.137. The first-order valence-corrected chi connectivity index (χ1v) is 7.82. The standard InChI is InChI=1S/C19H13F3N2O2/c20-19(21,22)13-6-4-12(5-7-13)17-15-3-1-2-10-24(15)18(23-17)16-9-8-14(11-25)26-16/h1-10,25H,11H2. The van der Waals surface area contributed by atoms with Crippen LogP contribution in [-0.2, 0) is 12.8 Å². The Labute approximate surface area is 146 Å². The molecule has 7 heteroatoms. The van der Waals surface area contributed by atoms with Crippen LogP contribution >= 0.6 is 0 Å². The largest absolute Gasteiger partial charge is 0.455 e. The van der Waals surface area contributed by atoms with Gasteiger partial charge < -0.3 is 9.52 Å². The maximum Gasteiger partial charge on any atom is 0.416 e. The molecule has 26 heavy (non-hydrogen) atoms. The van der Waals surface area contributed by atoms with Gasteiger partial charge in [0.15, 0.2) is 11.6 Å². The molecule has 0 radical (unpaired) electrons. The van der Waals surface area contributed by atoms with E-state index in [-0.39, 0.29) is 6.61 Å². The van der Waals surface area contributed by atoms with Crippen molar-refractivity contribution < 1.29 is 22.7 Å². The zero-order chi connectivity index (χ0) is 18.3. The monoisotopic (exact) mass is 358 g/mol. The van der Waals surface area contributed by atoms with Crippen LogP contribution in [0.15, 0.2) is 65.2 Å². The van der Waals surface area contributed by atoms with E-state index in [0.29, 0.717) is 28.6 Å². The van der Waals surface area contributed by atoms with Crippen LogP contribution < -0.4 is 0 Å². The maximum atomic E-state index is 12.8. The highest BCUT2D eigenvalue weighted by Gasteiger charge is 2.30. The van der Waals surface area contributed by atoms with Crippen LogP contribution in [0.2, 0.25) is 0 Å². The Morgan fingerprint density at radius 3 is 2.42 bits per heavy atom. The van der Waals surface area contributed by atoms with Crippen molar-refractivity contribution in [1.82, 2.24) is 9.38 Å². The third kappa shape index (κ3) is 2.76. The van der Waals surface area contributed by atoms with Crippen LogP contribution in [0.1, 0.15) is 11.3 Å². The molecule has 1 N–H and O–H groups in total. The molecule has 4 aromatic rings. The molecule has 1 aromatic carbocycles. The summed E-state index contributed by atoms with van der Waals surface area (Å²) in [5, 5.41) is 9.17. The molecule has 0 aliphatic rings. The van der Waals surface area contributed by atoms with Gasteiger partial charge >= 0.3 is 6.18 Å². The van der Waals surface area contributed by atoms with Crippen molar-refractivity contribution in [3.05, 3.63) is 72.1 Å². The molecule has 4 nitrogen and oxygen atoms in total. The number of fused-ring (bicyclic) bond motifs is 1. The maximum absolute atomic E-state index is 12.8. The number of alkyl halides is 3. The Morgan fingerprint density at radius 1 is 1.00 bits per heavy atom. The van der Waals surface area contributed by atoms with Crippen LogP contribution in [0, 0.1) is 0 Å². The molecule has 0 unspecified atom stereocenters. The topological polar surface area (TPSA) is 50.7 Å². The summed E-state index contributed by atoms with van der Waals surface area (Å²) in [6.45, 7) is -0.227. The lowest BCUT2D eigenvalue weighted by Crippen LogP contribution is -2.04. The Kier molecular flexibility index (Phi) is 3.81. The molecule has 0 aliphatic heterocycles. The first kappa shape index (κ1) is 16.4. The minimum atomic E-state index is -4.38. The van der Waals surface area contributed by atoms with Gasteiger partial charge in [-0.3, -0.25) is 4.40 Å². The SMILES string of the molecule is OCc1ccc(-c2nc(-c3ccc(C(F)(F)F)cc3)c3ccccn23)o1. The zero-order valence-electron chi connectivity index (χ0n) is 13.4. The molecule has 0 saturated heterocycles. The molecule has 3 aromatic heterocycles. The Hall–Kier alpha value is -3.06. The fourth-order valence-electron chi connectivity index (χ4n) is 2.82. The van der Waals surface area contributed by atoms with E-state index in [1.807, 2.05) is 18.2 Å². The van der Waals surface area contributed by atoms with E-state index in [9.17, 15) is 18.3 Å². The van der Waals surface area contributed by atoms with E-state index in [1.165, 1.54) is 12.1 Å². The zero-order valence-corrected chi connectivity index (χ0v) is 13.4. The smallest absolute Gasteiger partial charge is 0.416 e. The van der Waals surface area contributed by atoms with Crippen LogP contribution in [0.4, 0.5) is 13.2 Å². The summed E-state index contributed by atoms with van der Waals surface area (Å²) in [7, 11) is 0. The fraction of sp³-hybridized carbons (Fsp3) is 0.105. The van der Waals surface area contributed by atoms with Gasteiger partial charge in [-0.2, -0.15) is 13.2 Å². The number of hydrogen-bond acceptors (Lipinski definition) is 3. The van der Waals surface area contributed by atoms with Crippen molar-refractivity contribution in [3.63, 3.8) is 0 Å². The molecule has 4 rings (SSSR count). The highest BCUT2D eigenvalue weighted by Crippen LogP contribution is 2.33. The Bertz CT molecular complexity index is 1060. The van der Waals surface area contributed by atoms with Gasteiger partial charge in [0.2, 0.25) is 0 Å². The first-order valence-electron chi connectivity index (χ1n) is 7.82. The second kappa shape index (κ2) is 6.03. The Balaban J connectivity index is 1.86. The van der Waals surface area contributed by atoms with Crippen LogP contribution in [0.25, 0.3) is 28.4 Å². The lowest BCUT2D eigenvalue weighted by atomic mass is 10.1. The molecule has 0 spiro atoms. The predicted molar refractivity (Wildman–Crippen MR) is 89.3 cm³/mol. The molecule has 0 aliphatic carbocycles. The van der Waals surface area contributed by atoms with Crippen molar-refractivity contribution in [2.24, 2.45) is 0 Å². The van der Waals surface area contributed by atoms with Crippen molar-refractivity contribution in [3.8, 4) is 22.8 Å². The number of halogens is 3. The summed E-state index contributed by atoms with van der Waals surface area (Å²) < 4.78 is 45.7. The van der Waals surface area contributed by atoms with Gasteiger partial charge in [-0.15, -0.1) is 0 Å². The third-order valence-electron chi connectivity index (χ3n) is 4.07. The summed E-state index contributed by atoms with van der Waals surface area (Å²) in [4.78, 5) is 4.58. The lowest BCUT2D eigenvalue weighted by Gasteiger charge is -2.06. The number of furan rings is 1. The fourth-order valence-corrected chi connectivity index (χ4v) is 2.82. The number of rotatable bonds is 3.